The summed E-state index contributed by atoms with van der Waals surface area (Å²) in [6.07, 6.45) is -4.27. The second-order valence-electron chi connectivity index (χ2n) is 3.15. The molecule has 1 radical (unpaired) electrons. The SMILES string of the molecule is CC(C)c1[c]cccc1C(F)(F)F. The van der Waals surface area contributed by atoms with Crippen LogP contribution in [0.2, 0.25) is 0 Å². The molecule has 0 nitrogen and oxygen atoms in total. The highest BCUT2D eigenvalue weighted by Gasteiger charge is 2.33. The molecule has 0 N–H and O–H groups in total. The average Bonchev–Trinajstić information content (AvgIpc) is 2.03. The van der Waals surface area contributed by atoms with Gasteiger partial charge in [0, 0.05) is 0 Å². The number of halogens is 3. The molecular formula is C10H10F3. The molecule has 3 heteroatoms. The Labute approximate surface area is 75.4 Å². The van der Waals surface area contributed by atoms with Crippen molar-refractivity contribution in [1.82, 2.24) is 0 Å². The lowest BCUT2D eigenvalue weighted by Crippen LogP contribution is -2.09. The van der Waals surface area contributed by atoms with Gasteiger partial charge in [-0.1, -0.05) is 26.0 Å². The molecule has 71 valence electrons. The van der Waals surface area contributed by atoms with Crippen molar-refractivity contribution in [3.63, 3.8) is 0 Å². The fourth-order valence-corrected chi connectivity index (χ4v) is 1.17. The first-order chi connectivity index (χ1) is 5.93. The second kappa shape index (κ2) is 3.40. The molecule has 0 aliphatic rings. The summed E-state index contributed by atoms with van der Waals surface area (Å²) in [6, 6.07) is 6.57. The van der Waals surface area contributed by atoms with E-state index >= 15 is 0 Å². The molecule has 0 saturated heterocycles. The van der Waals surface area contributed by atoms with Crippen LogP contribution in [-0.2, 0) is 6.18 Å². The fourth-order valence-electron chi connectivity index (χ4n) is 1.17. The molecule has 13 heavy (non-hydrogen) atoms. The highest BCUT2D eigenvalue weighted by molar-refractivity contribution is 5.30. The van der Waals surface area contributed by atoms with E-state index in [1.165, 1.54) is 12.1 Å². The van der Waals surface area contributed by atoms with Crippen LogP contribution < -0.4 is 0 Å². The third-order valence-electron chi connectivity index (χ3n) is 1.77. The third kappa shape index (κ3) is 2.23. The van der Waals surface area contributed by atoms with Gasteiger partial charge < -0.3 is 0 Å². The largest absolute Gasteiger partial charge is 0.416 e. The summed E-state index contributed by atoms with van der Waals surface area (Å²) in [5.41, 5.74) is -0.347. The lowest BCUT2D eigenvalue weighted by atomic mass is 9.97. The van der Waals surface area contributed by atoms with Crippen LogP contribution in [0.3, 0.4) is 0 Å². The molecule has 0 aromatic heterocycles. The van der Waals surface area contributed by atoms with Gasteiger partial charge in [0.05, 0.1) is 5.56 Å². The molecule has 0 fully saturated rings. The maximum absolute atomic E-state index is 12.4. The van der Waals surface area contributed by atoms with Gasteiger partial charge in [0.2, 0.25) is 0 Å². The van der Waals surface area contributed by atoms with Crippen molar-refractivity contribution in [3.8, 4) is 0 Å². The van der Waals surface area contributed by atoms with Crippen molar-refractivity contribution in [2.75, 3.05) is 0 Å². The number of hydrogen-bond acceptors (Lipinski definition) is 0. The molecule has 0 atom stereocenters. The Kier molecular flexibility index (Phi) is 2.64. The van der Waals surface area contributed by atoms with Gasteiger partial charge in [-0.15, -0.1) is 0 Å². The van der Waals surface area contributed by atoms with E-state index in [2.05, 4.69) is 6.07 Å². The van der Waals surface area contributed by atoms with Gasteiger partial charge in [-0.25, -0.2) is 0 Å². The first-order valence-electron chi connectivity index (χ1n) is 4.00. The van der Waals surface area contributed by atoms with Gasteiger partial charge in [0.15, 0.2) is 0 Å². The van der Waals surface area contributed by atoms with E-state index in [0.717, 1.165) is 6.07 Å². The van der Waals surface area contributed by atoms with E-state index in [4.69, 9.17) is 0 Å². The van der Waals surface area contributed by atoms with Crippen molar-refractivity contribution in [2.24, 2.45) is 0 Å². The highest BCUT2D eigenvalue weighted by Crippen LogP contribution is 2.34. The zero-order chi connectivity index (χ0) is 10.1. The normalized spacial score (nSPS) is 12.2. The lowest BCUT2D eigenvalue weighted by molar-refractivity contribution is -0.138. The molecule has 0 amide bonds. The molecule has 0 heterocycles. The van der Waals surface area contributed by atoms with Crippen molar-refractivity contribution < 1.29 is 13.2 Å². The van der Waals surface area contributed by atoms with Crippen LogP contribution in [0.4, 0.5) is 13.2 Å². The summed E-state index contributed by atoms with van der Waals surface area (Å²) >= 11 is 0. The smallest absolute Gasteiger partial charge is 0.166 e. The van der Waals surface area contributed by atoms with Crippen LogP contribution in [0, 0.1) is 6.07 Å². The fraction of sp³-hybridized carbons (Fsp3) is 0.400. The summed E-state index contributed by atoms with van der Waals surface area (Å²) in [5, 5.41) is 0. The predicted molar refractivity (Wildman–Crippen MR) is 44.4 cm³/mol. The van der Waals surface area contributed by atoms with E-state index in [1.54, 1.807) is 13.8 Å². The molecule has 1 aromatic carbocycles. The molecule has 0 saturated carbocycles. The van der Waals surface area contributed by atoms with E-state index in [1.807, 2.05) is 0 Å². The van der Waals surface area contributed by atoms with Gasteiger partial charge in [-0.3, -0.25) is 0 Å². The summed E-state index contributed by atoms with van der Waals surface area (Å²) in [6.45, 7) is 3.45. The van der Waals surface area contributed by atoms with E-state index in [-0.39, 0.29) is 11.5 Å². The Morgan fingerprint density at radius 2 is 1.92 bits per heavy atom. The molecule has 0 unspecified atom stereocenters. The predicted octanol–water partition coefficient (Wildman–Crippen LogP) is 3.63. The lowest BCUT2D eigenvalue weighted by Gasteiger charge is -2.14. The van der Waals surface area contributed by atoms with E-state index in [0.29, 0.717) is 0 Å². The zero-order valence-electron chi connectivity index (χ0n) is 7.44. The first-order valence-corrected chi connectivity index (χ1v) is 4.00. The van der Waals surface area contributed by atoms with Crippen LogP contribution >= 0.6 is 0 Å². The summed E-state index contributed by atoms with van der Waals surface area (Å²) in [7, 11) is 0. The number of benzene rings is 1. The molecule has 1 rings (SSSR count). The monoisotopic (exact) mass is 187 g/mol. The van der Waals surface area contributed by atoms with Gasteiger partial charge in [0.25, 0.3) is 0 Å². The molecule has 0 bridgehead atoms. The number of rotatable bonds is 1. The Balaban J connectivity index is 3.20. The van der Waals surface area contributed by atoms with Gasteiger partial charge in [0.1, 0.15) is 0 Å². The molecule has 1 aromatic rings. The van der Waals surface area contributed by atoms with Crippen molar-refractivity contribution in [1.29, 1.82) is 0 Å². The maximum Gasteiger partial charge on any atom is 0.416 e. The maximum atomic E-state index is 12.4. The minimum absolute atomic E-state index is 0.155. The minimum Gasteiger partial charge on any atom is -0.166 e. The molecular weight excluding hydrogens is 177 g/mol. The molecule has 0 aliphatic heterocycles. The number of alkyl halides is 3. The minimum atomic E-state index is -4.27. The van der Waals surface area contributed by atoms with Crippen LogP contribution in [0.5, 0.6) is 0 Å². The summed E-state index contributed by atoms with van der Waals surface area (Å²) in [5.74, 6) is -0.155. The van der Waals surface area contributed by atoms with Crippen LogP contribution in [-0.4, -0.2) is 0 Å². The highest BCUT2D eigenvalue weighted by atomic mass is 19.4. The quantitative estimate of drug-likeness (QED) is 0.629. The molecule has 0 aliphatic carbocycles. The van der Waals surface area contributed by atoms with E-state index in [9.17, 15) is 13.2 Å². The van der Waals surface area contributed by atoms with E-state index < -0.39 is 11.7 Å². The van der Waals surface area contributed by atoms with Gasteiger partial charge >= 0.3 is 6.18 Å². The average molecular weight is 187 g/mol. The summed E-state index contributed by atoms with van der Waals surface area (Å²) in [4.78, 5) is 0. The third-order valence-corrected chi connectivity index (χ3v) is 1.77. The summed E-state index contributed by atoms with van der Waals surface area (Å²) < 4.78 is 37.2. The first kappa shape index (κ1) is 10.1. The Morgan fingerprint density at radius 1 is 1.31 bits per heavy atom. The second-order valence-corrected chi connectivity index (χ2v) is 3.15. The van der Waals surface area contributed by atoms with Gasteiger partial charge in [-0.2, -0.15) is 13.2 Å². The Morgan fingerprint density at radius 3 is 2.31 bits per heavy atom. The topological polar surface area (TPSA) is 0 Å². The van der Waals surface area contributed by atoms with Crippen molar-refractivity contribution in [2.45, 2.75) is 25.9 Å². The Bertz CT molecular complexity index is 286. The van der Waals surface area contributed by atoms with Gasteiger partial charge in [-0.05, 0) is 23.6 Å². The van der Waals surface area contributed by atoms with Crippen molar-refractivity contribution >= 4 is 0 Å². The Hall–Kier alpha value is -0.990. The van der Waals surface area contributed by atoms with Crippen molar-refractivity contribution in [3.05, 3.63) is 35.4 Å². The van der Waals surface area contributed by atoms with Crippen LogP contribution in [0.15, 0.2) is 18.2 Å². The van der Waals surface area contributed by atoms with Crippen LogP contribution in [0.25, 0.3) is 0 Å². The zero-order valence-corrected chi connectivity index (χ0v) is 7.44. The number of hydrogen-bond donors (Lipinski definition) is 0. The molecule has 0 spiro atoms. The van der Waals surface area contributed by atoms with Crippen LogP contribution in [0.1, 0.15) is 30.9 Å². The standard InChI is InChI=1S/C10H10F3/c1-7(2)8-5-3-4-6-9(8)10(11,12)13/h3-4,6-7H,1-2H3.